The molecule has 2 aromatic carbocycles. The van der Waals surface area contributed by atoms with Gasteiger partial charge < -0.3 is 15.8 Å². The molecule has 3 N–H and O–H groups in total. The summed E-state index contributed by atoms with van der Waals surface area (Å²) in [6.45, 7) is 4.10. The maximum absolute atomic E-state index is 12.6. The lowest BCUT2D eigenvalue weighted by atomic mass is 10.1. The summed E-state index contributed by atoms with van der Waals surface area (Å²) in [6, 6.07) is 12.4. The first-order chi connectivity index (χ1) is 16.1. The molecule has 8 nitrogen and oxygen atoms in total. The zero-order valence-corrected chi connectivity index (χ0v) is 18.3. The molecule has 0 bridgehead atoms. The Labute approximate surface area is 192 Å². The van der Waals surface area contributed by atoms with E-state index in [1.165, 1.54) is 24.5 Å². The molecule has 0 aliphatic rings. The normalized spacial score (nSPS) is 11.7. The molecule has 2 aromatic heterocycles. The van der Waals surface area contributed by atoms with Crippen molar-refractivity contribution in [3.63, 3.8) is 0 Å². The van der Waals surface area contributed by atoms with Crippen LogP contribution in [0.15, 0.2) is 54.9 Å². The van der Waals surface area contributed by atoms with Crippen molar-refractivity contribution in [2.75, 3.05) is 5.73 Å². The highest BCUT2D eigenvalue weighted by molar-refractivity contribution is 5.96. The van der Waals surface area contributed by atoms with E-state index in [2.05, 4.69) is 20.1 Å². The van der Waals surface area contributed by atoms with Crippen molar-refractivity contribution < 1.29 is 22.7 Å². The molecule has 2 heterocycles. The number of amides is 1. The summed E-state index contributed by atoms with van der Waals surface area (Å²) in [5.74, 6) is -0.0873. The highest BCUT2D eigenvalue weighted by Gasteiger charge is 2.32. The van der Waals surface area contributed by atoms with Gasteiger partial charge in [0.15, 0.2) is 5.82 Å². The summed E-state index contributed by atoms with van der Waals surface area (Å²) in [7, 11) is 0. The van der Waals surface area contributed by atoms with Gasteiger partial charge in [-0.3, -0.25) is 4.79 Å². The van der Waals surface area contributed by atoms with Gasteiger partial charge in [0.05, 0.1) is 5.56 Å². The van der Waals surface area contributed by atoms with Crippen LogP contribution in [-0.4, -0.2) is 31.9 Å². The Bertz CT molecular complexity index is 1330. The monoisotopic (exact) mass is 470 g/mol. The second-order valence-electron chi connectivity index (χ2n) is 7.80. The van der Waals surface area contributed by atoms with Gasteiger partial charge in [-0.05, 0) is 17.7 Å². The fourth-order valence-electron chi connectivity index (χ4n) is 3.48. The molecule has 0 aliphatic heterocycles. The van der Waals surface area contributed by atoms with Crippen LogP contribution in [0.3, 0.4) is 0 Å². The fraction of sp³-hybridized carbons (Fsp3) is 0.217. The Morgan fingerprint density at radius 2 is 1.85 bits per heavy atom. The Morgan fingerprint density at radius 1 is 1.15 bits per heavy atom. The molecular weight excluding hydrogens is 449 g/mol. The van der Waals surface area contributed by atoms with Crippen molar-refractivity contribution in [1.29, 1.82) is 0 Å². The van der Waals surface area contributed by atoms with E-state index in [0.717, 1.165) is 23.0 Å². The Hall–Kier alpha value is -4.15. The topological polar surface area (TPSA) is 107 Å². The van der Waals surface area contributed by atoms with Gasteiger partial charge in [0.25, 0.3) is 5.91 Å². The third-order valence-electron chi connectivity index (χ3n) is 5.04. The number of para-hydroxylation sites is 1. The first-order valence-corrected chi connectivity index (χ1v) is 10.4. The maximum Gasteiger partial charge on any atom is 0.573 e. The SMILES string of the molecule is CC(C)c1nc(-c2ccc(CNC(=O)c3ccccc3OC(F)(F)F)cc2)c2c(N)ncnn12. The minimum atomic E-state index is -4.90. The molecule has 0 radical (unpaired) electrons. The van der Waals surface area contributed by atoms with Gasteiger partial charge in [-0.2, -0.15) is 5.10 Å². The molecule has 0 spiro atoms. The second-order valence-corrected chi connectivity index (χ2v) is 7.80. The Kier molecular flexibility index (Phi) is 6.10. The summed E-state index contributed by atoms with van der Waals surface area (Å²) < 4.78 is 43.4. The Morgan fingerprint density at radius 3 is 2.53 bits per heavy atom. The number of hydrogen-bond acceptors (Lipinski definition) is 6. The number of fused-ring (bicyclic) bond motifs is 1. The van der Waals surface area contributed by atoms with Gasteiger partial charge >= 0.3 is 6.36 Å². The number of nitrogens with one attached hydrogen (secondary N) is 1. The molecule has 4 aromatic rings. The van der Waals surface area contributed by atoms with Crippen molar-refractivity contribution in [3.8, 4) is 17.0 Å². The van der Waals surface area contributed by atoms with Crippen molar-refractivity contribution in [3.05, 3.63) is 71.8 Å². The molecule has 176 valence electrons. The number of rotatable bonds is 6. The first kappa shape index (κ1) is 23.0. The first-order valence-electron chi connectivity index (χ1n) is 10.4. The van der Waals surface area contributed by atoms with Gasteiger partial charge in [0.1, 0.15) is 29.1 Å². The molecule has 0 unspecified atom stereocenters. The standard InChI is InChI=1S/C23H21F3N6O2/c1-13(2)21-31-18(19-20(27)29-12-30-32(19)21)15-9-7-14(8-10-15)11-28-22(33)16-5-3-4-6-17(16)34-23(24,25)26/h3-10,12-13H,11H2,1-2H3,(H,28,33)(H2,27,29,30). The van der Waals surface area contributed by atoms with Crippen LogP contribution in [0.1, 0.15) is 41.5 Å². The molecule has 1 amide bonds. The lowest BCUT2D eigenvalue weighted by Crippen LogP contribution is -2.25. The summed E-state index contributed by atoms with van der Waals surface area (Å²) >= 11 is 0. The van der Waals surface area contributed by atoms with Gasteiger partial charge in [0, 0.05) is 18.0 Å². The van der Waals surface area contributed by atoms with Gasteiger partial charge in [-0.1, -0.05) is 50.2 Å². The number of ether oxygens (including phenoxy) is 1. The average molecular weight is 470 g/mol. The molecular formula is C23H21F3N6O2. The van der Waals surface area contributed by atoms with Crippen molar-refractivity contribution in [2.45, 2.75) is 32.7 Å². The van der Waals surface area contributed by atoms with Crippen LogP contribution in [0.2, 0.25) is 0 Å². The minimum absolute atomic E-state index is 0.103. The number of carbonyl (C=O) groups is 1. The van der Waals surface area contributed by atoms with Crippen LogP contribution in [0.4, 0.5) is 19.0 Å². The van der Waals surface area contributed by atoms with Crippen molar-refractivity contribution in [1.82, 2.24) is 24.9 Å². The molecule has 0 fully saturated rings. The summed E-state index contributed by atoms with van der Waals surface area (Å²) in [5, 5.41) is 6.88. The van der Waals surface area contributed by atoms with Crippen molar-refractivity contribution in [2.24, 2.45) is 0 Å². The number of anilines is 1. The zero-order valence-electron chi connectivity index (χ0n) is 18.3. The summed E-state index contributed by atoms with van der Waals surface area (Å²) in [6.07, 6.45) is -3.52. The predicted molar refractivity (Wildman–Crippen MR) is 119 cm³/mol. The van der Waals surface area contributed by atoms with Crippen LogP contribution < -0.4 is 15.8 Å². The number of alkyl halides is 3. The molecule has 0 atom stereocenters. The summed E-state index contributed by atoms with van der Waals surface area (Å²) in [4.78, 5) is 21.2. The molecule has 4 rings (SSSR count). The highest BCUT2D eigenvalue weighted by Crippen LogP contribution is 2.30. The van der Waals surface area contributed by atoms with E-state index < -0.39 is 18.0 Å². The molecule has 11 heteroatoms. The maximum atomic E-state index is 12.6. The smallest absolute Gasteiger partial charge is 0.405 e. The van der Waals surface area contributed by atoms with Gasteiger partial charge in [-0.25, -0.2) is 14.5 Å². The van der Waals surface area contributed by atoms with E-state index in [0.29, 0.717) is 17.0 Å². The minimum Gasteiger partial charge on any atom is -0.405 e. The van der Waals surface area contributed by atoms with Gasteiger partial charge in [0.2, 0.25) is 0 Å². The van der Waals surface area contributed by atoms with E-state index in [1.54, 1.807) is 16.6 Å². The lowest BCUT2D eigenvalue weighted by Gasteiger charge is -2.13. The largest absolute Gasteiger partial charge is 0.573 e. The van der Waals surface area contributed by atoms with E-state index in [-0.39, 0.29) is 18.0 Å². The lowest BCUT2D eigenvalue weighted by molar-refractivity contribution is -0.274. The highest BCUT2D eigenvalue weighted by atomic mass is 19.4. The second kappa shape index (κ2) is 9.00. The fourth-order valence-corrected chi connectivity index (χ4v) is 3.48. The molecule has 0 aliphatic carbocycles. The zero-order chi connectivity index (χ0) is 24.5. The number of nitrogen functional groups attached to an aromatic ring is 1. The quantitative estimate of drug-likeness (QED) is 0.435. The van der Waals surface area contributed by atoms with E-state index in [4.69, 9.17) is 10.7 Å². The van der Waals surface area contributed by atoms with E-state index in [1.807, 2.05) is 26.0 Å². The number of hydrogen-bond donors (Lipinski definition) is 2. The molecule has 0 saturated heterocycles. The Balaban J connectivity index is 1.53. The number of nitrogens with two attached hydrogens (primary N) is 1. The number of carbonyl (C=O) groups excluding carboxylic acids is 1. The van der Waals surface area contributed by atoms with Crippen LogP contribution >= 0.6 is 0 Å². The number of halogens is 3. The number of nitrogens with zero attached hydrogens (tertiary/aromatic N) is 4. The number of benzene rings is 2. The number of aromatic nitrogens is 4. The van der Waals surface area contributed by atoms with Gasteiger partial charge in [-0.15, -0.1) is 13.2 Å². The van der Waals surface area contributed by atoms with Crippen LogP contribution in [0.5, 0.6) is 5.75 Å². The van der Waals surface area contributed by atoms with Crippen LogP contribution in [0, 0.1) is 0 Å². The average Bonchev–Trinajstić information content (AvgIpc) is 3.18. The summed E-state index contributed by atoms with van der Waals surface area (Å²) in [5.41, 5.74) is 8.64. The van der Waals surface area contributed by atoms with Crippen LogP contribution in [-0.2, 0) is 6.54 Å². The van der Waals surface area contributed by atoms with Crippen LogP contribution in [0.25, 0.3) is 16.8 Å². The third-order valence-corrected chi connectivity index (χ3v) is 5.04. The third kappa shape index (κ3) is 4.77. The molecule has 34 heavy (non-hydrogen) atoms. The van der Waals surface area contributed by atoms with E-state index in [9.17, 15) is 18.0 Å². The van der Waals surface area contributed by atoms with Crippen molar-refractivity contribution >= 4 is 17.2 Å². The van der Waals surface area contributed by atoms with E-state index >= 15 is 0 Å². The number of imidazole rings is 1. The predicted octanol–water partition coefficient (Wildman–Crippen LogP) is 4.33. The molecule has 0 saturated carbocycles.